The Morgan fingerprint density at radius 1 is 1.41 bits per heavy atom. The third-order valence-corrected chi connectivity index (χ3v) is 7.52. The van der Waals surface area contributed by atoms with E-state index in [9.17, 15) is 4.79 Å². The maximum atomic E-state index is 11.2. The largest absolute Gasteiger partial charge is 0.445 e. The fraction of sp³-hybridized carbons (Fsp3) is 0.300. The van der Waals surface area contributed by atoms with E-state index in [2.05, 4.69) is 10.4 Å². The molecule has 2 N–H and O–H groups in total. The quantitative estimate of drug-likeness (QED) is 0.785. The van der Waals surface area contributed by atoms with Crippen LogP contribution in [-0.4, -0.2) is 25.8 Å². The topological polar surface area (TPSA) is 50.4 Å². The van der Waals surface area contributed by atoms with Gasteiger partial charge in [-0.25, -0.2) is 0 Å². The van der Waals surface area contributed by atoms with E-state index < -0.39 is 5.62 Å². The molecule has 0 aliphatic heterocycles. The first-order valence-electron chi connectivity index (χ1n) is 4.98. The standard InChI is InChI=1S/C10H15N2O2PS2/c1-11-10(13)8-17-15(16,12-2)14-9-6-4-3-5-7-9/h3-7H,8H2,1-2H3,(H,11,13)(H,12,16). The van der Waals surface area contributed by atoms with Crippen LogP contribution in [0.25, 0.3) is 0 Å². The summed E-state index contributed by atoms with van der Waals surface area (Å²) < 4.78 is 5.74. The number of hydrogen-bond acceptors (Lipinski definition) is 4. The van der Waals surface area contributed by atoms with Crippen molar-refractivity contribution in [2.24, 2.45) is 0 Å². The van der Waals surface area contributed by atoms with Crippen LogP contribution in [0.1, 0.15) is 0 Å². The zero-order valence-electron chi connectivity index (χ0n) is 9.67. The van der Waals surface area contributed by atoms with Crippen LogP contribution in [0, 0.1) is 0 Å². The molecule has 0 bridgehead atoms. The van der Waals surface area contributed by atoms with Crippen LogP contribution in [-0.2, 0) is 16.6 Å². The smallest absolute Gasteiger partial charge is 0.234 e. The van der Waals surface area contributed by atoms with Crippen LogP contribution in [0.15, 0.2) is 30.3 Å². The minimum absolute atomic E-state index is 0.0591. The highest BCUT2D eigenvalue weighted by Crippen LogP contribution is 2.55. The Hall–Kier alpha value is -0.550. The van der Waals surface area contributed by atoms with Crippen molar-refractivity contribution < 1.29 is 9.32 Å². The molecule has 1 atom stereocenters. The highest BCUT2D eigenvalue weighted by molar-refractivity contribution is 8.69. The third-order valence-electron chi connectivity index (χ3n) is 1.89. The lowest BCUT2D eigenvalue weighted by Gasteiger charge is -2.21. The summed E-state index contributed by atoms with van der Waals surface area (Å²) in [5.41, 5.74) is -2.25. The van der Waals surface area contributed by atoms with Gasteiger partial charge < -0.3 is 9.84 Å². The fourth-order valence-electron chi connectivity index (χ4n) is 0.972. The van der Waals surface area contributed by atoms with Crippen molar-refractivity contribution in [2.75, 3.05) is 19.8 Å². The molecule has 1 amide bonds. The van der Waals surface area contributed by atoms with Gasteiger partial charge in [0.15, 0.2) is 0 Å². The Labute approximate surface area is 110 Å². The summed E-state index contributed by atoms with van der Waals surface area (Å²) in [6, 6.07) is 9.37. The fourth-order valence-corrected chi connectivity index (χ4v) is 4.47. The van der Waals surface area contributed by atoms with Crippen LogP contribution < -0.4 is 14.9 Å². The molecule has 0 aliphatic carbocycles. The number of nitrogens with one attached hydrogen (secondary N) is 2. The number of carbonyl (C=O) groups excluding carboxylic acids is 1. The van der Waals surface area contributed by atoms with Gasteiger partial charge in [0, 0.05) is 7.05 Å². The molecule has 1 rings (SSSR count). The third kappa shape index (κ3) is 5.08. The van der Waals surface area contributed by atoms with E-state index in [-0.39, 0.29) is 5.91 Å². The highest BCUT2D eigenvalue weighted by atomic mass is 32.9. The molecule has 0 heterocycles. The van der Waals surface area contributed by atoms with Gasteiger partial charge in [0.2, 0.25) is 11.5 Å². The molecular formula is C10H15N2O2PS2. The van der Waals surface area contributed by atoms with Crippen molar-refractivity contribution >= 4 is 34.7 Å². The average molecular weight is 290 g/mol. The molecule has 1 unspecified atom stereocenters. The first-order chi connectivity index (χ1) is 8.09. The molecule has 1 aromatic carbocycles. The molecule has 7 heteroatoms. The molecule has 17 heavy (non-hydrogen) atoms. The van der Waals surface area contributed by atoms with E-state index in [1.165, 1.54) is 11.4 Å². The van der Waals surface area contributed by atoms with Crippen molar-refractivity contribution in [2.45, 2.75) is 0 Å². The zero-order chi connectivity index (χ0) is 12.7. The number of hydrogen-bond donors (Lipinski definition) is 2. The normalized spacial score (nSPS) is 13.8. The van der Waals surface area contributed by atoms with Crippen LogP contribution in [0.5, 0.6) is 5.75 Å². The molecular weight excluding hydrogens is 275 g/mol. The number of amides is 1. The van der Waals surface area contributed by atoms with Gasteiger partial charge in [-0.3, -0.25) is 9.88 Å². The van der Waals surface area contributed by atoms with E-state index in [1.807, 2.05) is 30.3 Å². The van der Waals surface area contributed by atoms with Gasteiger partial charge in [0.05, 0.1) is 5.75 Å². The molecule has 94 valence electrons. The first-order valence-corrected chi connectivity index (χ1v) is 9.29. The van der Waals surface area contributed by atoms with Gasteiger partial charge in [-0.15, -0.1) is 0 Å². The lowest BCUT2D eigenvalue weighted by Crippen LogP contribution is -2.20. The number of carbonyl (C=O) groups is 1. The van der Waals surface area contributed by atoms with Crippen molar-refractivity contribution in [3.63, 3.8) is 0 Å². The molecule has 0 radical (unpaired) electrons. The van der Waals surface area contributed by atoms with E-state index in [1.54, 1.807) is 14.1 Å². The second kappa shape index (κ2) is 7.01. The summed E-state index contributed by atoms with van der Waals surface area (Å²) in [6.45, 7) is 0. The van der Waals surface area contributed by atoms with Crippen molar-refractivity contribution in [1.82, 2.24) is 10.4 Å². The first kappa shape index (κ1) is 14.5. The highest BCUT2D eigenvalue weighted by Gasteiger charge is 2.19. The summed E-state index contributed by atoms with van der Waals surface area (Å²) in [5, 5.41) is 5.55. The van der Waals surface area contributed by atoms with E-state index in [4.69, 9.17) is 16.3 Å². The Morgan fingerprint density at radius 2 is 2.06 bits per heavy atom. The van der Waals surface area contributed by atoms with Crippen molar-refractivity contribution in [3.05, 3.63) is 30.3 Å². The maximum Gasteiger partial charge on any atom is 0.234 e. The Kier molecular flexibility index (Phi) is 5.98. The maximum absolute atomic E-state index is 11.2. The molecule has 4 nitrogen and oxygen atoms in total. The van der Waals surface area contributed by atoms with Gasteiger partial charge in [-0.2, -0.15) is 0 Å². The van der Waals surface area contributed by atoms with Crippen LogP contribution in [0.3, 0.4) is 0 Å². The monoisotopic (exact) mass is 290 g/mol. The van der Waals surface area contributed by atoms with E-state index >= 15 is 0 Å². The number of benzene rings is 1. The molecule has 0 spiro atoms. The predicted octanol–water partition coefficient (Wildman–Crippen LogP) is 1.99. The van der Waals surface area contributed by atoms with E-state index in [0.29, 0.717) is 5.75 Å². The summed E-state index contributed by atoms with van der Waals surface area (Å²) in [4.78, 5) is 11.2. The number of para-hydroxylation sites is 1. The second-order valence-electron chi connectivity index (χ2n) is 3.07. The molecule has 0 aromatic heterocycles. The second-order valence-corrected chi connectivity index (χ2v) is 9.80. The summed E-state index contributed by atoms with van der Waals surface area (Å²) in [5.74, 6) is 0.951. The molecule has 1 aromatic rings. The van der Waals surface area contributed by atoms with Gasteiger partial charge in [0.1, 0.15) is 5.75 Å². The van der Waals surface area contributed by atoms with Gasteiger partial charge in [-0.1, -0.05) is 29.6 Å². The molecule has 0 saturated carbocycles. The van der Waals surface area contributed by atoms with Gasteiger partial charge in [0.25, 0.3) is 0 Å². The SMILES string of the molecule is CNC(=O)CSP(=S)(NC)Oc1ccccc1. The van der Waals surface area contributed by atoms with Gasteiger partial charge in [-0.05, 0) is 31.0 Å². The van der Waals surface area contributed by atoms with Crippen LogP contribution >= 0.6 is 17.0 Å². The van der Waals surface area contributed by atoms with Crippen LogP contribution in [0.4, 0.5) is 0 Å². The van der Waals surface area contributed by atoms with Crippen molar-refractivity contribution in [1.29, 1.82) is 0 Å². The Balaban J connectivity index is 2.63. The minimum atomic E-state index is -2.25. The van der Waals surface area contributed by atoms with Crippen molar-refractivity contribution in [3.8, 4) is 5.75 Å². The lowest BCUT2D eigenvalue weighted by molar-refractivity contribution is -0.118. The Bertz CT molecular complexity index is 414. The summed E-state index contributed by atoms with van der Waals surface area (Å²) in [7, 11) is 3.35. The summed E-state index contributed by atoms with van der Waals surface area (Å²) >= 11 is 6.74. The lowest BCUT2D eigenvalue weighted by atomic mass is 10.3. The predicted molar refractivity (Wildman–Crippen MR) is 76.9 cm³/mol. The van der Waals surface area contributed by atoms with Crippen LogP contribution in [0.2, 0.25) is 0 Å². The minimum Gasteiger partial charge on any atom is -0.445 e. The summed E-state index contributed by atoms with van der Waals surface area (Å²) in [6.07, 6.45) is 0. The van der Waals surface area contributed by atoms with Gasteiger partial charge >= 0.3 is 0 Å². The molecule has 0 saturated heterocycles. The van der Waals surface area contributed by atoms with E-state index in [0.717, 1.165) is 5.75 Å². The zero-order valence-corrected chi connectivity index (χ0v) is 12.2. The average Bonchev–Trinajstić information content (AvgIpc) is 2.37. The Morgan fingerprint density at radius 3 is 2.59 bits per heavy atom. The molecule has 0 fully saturated rings. The number of rotatable bonds is 6. The molecule has 0 aliphatic rings.